The molecule has 1 heterocycles. The third kappa shape index (κ3) is 4.29. The van der Waals surface area contributed by atoms with Gasteiger partial charge in [-0.3, -0.25) is 4.98 Å². The van der Waals surface area contributed by atoms with Crippen LogP contribution in [0.1, 0.15) is 43.5 Å². The Morgan fingerprint density at radius 1 is 1.29 bits per heavy atom. The summed E-state index contributed by atoms with van der Waals surface area (Å²) in [5.41, 5.74) is 2.26. The molecule has 1 aromatic carbocycles. The summed E-state index contributed by atoms with van der Waals surface area (Å²) in [6.07, 6.45) is 2.93. The van der Waals surface area contributed by atoms with Crippen molar-refractivity contribution in [3.63, 3.8) is 0 Å². The lowest BCUT2D eigenvalue weighted by Gasteiger charge is -2.26. The van der Waals surface area contributed by atoms with Gasteiger partial charge in [0.15, 0.2) is 0 Å². The molecule has 0 saturated carbocycles. The van der Waals surface area contributed by atoms with Gasteiger partial charge >= 0.3 is 0 Å². The van der Waals surface area contributed by atoms with Crippen molar-refractivity contribution in [2.24, 2.45) is 0 Å². The average Bonchev–Trinajstić information content (AvgIpc) is 2.51. The number of nitrogens with zero attached hydrogens (tertiary/aromatic N) is 1. The Hall–Kier alpha value is -0.900. The van der Waals surface area contributed by atoms with E-state index in [1.807, 2.05) is 36.5 Å². The van der Waals surface area contributed by atoms with Gasteiger partial charge in [-0.15, -0.1) is 0 Å². The molecule has 2 unspecified atom stereocenters. The van der Waals surface area contributed by atoms with E-state index < -0.39 is 0 Å². The third-order valence-electron chi connectivity index (χ3n) is 3.56. The second-order valence-corrected chi connectivity index (χ2v) is 6.43. The minimum atomic E-state index is 0.174. The first-order valence-corrected chi connectivity index (χ1v) is 8.39. The van der Waals surface area contributed by atoms with Crippen molar-refractivity contribution >= 4 is 27.5 Å². The molecule has 2 nitrogen and oxygen atoms in total. The van der Waals surface area contributed by atoms with E-state index >= 15 is 0 Å². The Kier molecular flexibility index (Phi) is 6.22. The third-order valence-corrected chi connectivity index (χ3v) is 4.52. The summed E-state index contributed by atoms with van der Waals surface area (Å²) in [5, 5.41) is 4.38. The van der Waals surface area contributed by atoms with Crippen molar-refractivity contribution in [1.82, 2.24) is 10.3 Å². The van der Waals surface area contributed by atoms with Gasteiger partial charge < -0.3 is 5.32 Å². The second-order valence-electron chi connectivity index (χ2n) is 5.14. The molecule has 4 heteroatoms. The molecule has 0 saturated heterocycles. The Balaban J connectivity index is 2.36. The highest BCUT2D eigenvalue weighted by molar-refractivity contribution is 9.10. The lowest BCUT2D eigenvalue weighted by Crippen LogP contribution is -2.27. The van der Waals surface area contributed by atoms with Crippen LogP contribution in [0.5, 0.6) is 0 Å². The number of pyridine rings is 1. The number of rotatable bonds is 6. The van der Waals surface area contributed by atoms with Gasteiger partial charge in [-0.2, -0.15) is 0 Å². The molecule has 1 aromatic heterocycles. The summed E-state index contributed by atoms with van der Waals surface area (Å²) in [6, 6.07) is 12.2. The molecule has 0 fully saturated rings. The van der Waals surface area contributed by atoms with Crippen molar-refractivity contribution in [2.45, 2.75) is 32.2 Å². The molecule has 1 N–H and O–H groups in total. The smallest absolute Gasteiger partial charge is 0.0450 e. The normalized spacial score (nSPS) is 13.9. The number of benzene rings is 1. The maximum absolute atomic E-state index is 6.18. The van der Waals surface area contributed by atoms with Crippen LogP contribution in [0.15, 0.2) is 47.1 Å². The van der Waals surface area contributed by atoms with Crippen LogP contribution < -0.4 is 5.32 Å². The summed E-state index contributed by atoms with van der Waals surface area (Å²) >= 11 is 9.83. The first-order valence-electron chi connectivity index (χ1n) is 7.22. The van der Waals surface area contributed by atoms with Crippen LogP contribution in [-0.4, -0.2) is 11.5 Å². The monoisotopic (exact) mass is 366 g/mol. The molecule has 0 spiro atoms. The minimum absolute atomic E-state index is 0.174. The molecular formula is C17H20BrClN2. The molecule has 0 aliphatic carbocycles. The zero-order valence-electron chi connectivity index (χ0n) is 12.3. The lowest BCUT2D eigenvalue weighted by atomic mass is 9.91. The topological polar surface area (TPSA) is 24.9 Å². The Bertz CT molecular complexity index is 574. The van der Waals surface area contributed by atoms with Crippen LogP contribution in [0.2, 0.25) is 5.02 Å². The summed E-state index contributed by atoms with van der Waals surface area (Å²) < 4.78 is 1.07. The molecule has 0 aliphatic rings. The number of hydrogen-bond acceptors (Lipinski definition) is 2. The van der Waals surface area contributed by atoms with Gasteiger partial charge in [0.05, 0.1) is 0 Å². The Labute approximate surface area is 140 Å². The van der Waals surface area contributed by atoms with Gasteiger partial charge in [-0.25, -0.2) is 0 Å². The van der Waals surface area contributed by atoms with Crippen molar-refractivity contribution in [3.05, 3.63) is 63.3 Å². The zero-order valence-corrected chi connectivity index (χ0v) is 14.7. The van der Waals surface area contributed by atoms with Gasteiger partial charge in [-0.05, 0) is 48.9 Å². The van der Waals surface area contributed by atoms with Crippen molar-refractivity contribution < 1.29 is 0 Å². The molecule has 112 valence electrons. The highest BCUT2D eigenvalue weighted by atomic mass is 79.9. The molecule has 0 bridgehead atoms. The standard InChI is InChI=1S/C17H20BrClN2/c1-3-9-21-17(12(2)16-6-4-5-10-20-16)14-11-13(19)7-8-15(14)18/h4-8,10-12,17,21H,3,9H2,1-2H3. The maximum atomic E-state index is 6.18. The van der Waals surface area contributed by atoms with E-state index in [0.29, 0.717) is 0 Å². The fourth-order valence-corrected chi connectivity index (χ4v) is 3.10. The SMILES string of the molecule is CCCNC(c1cc(Cl)ccc1Br)C(C)c1ccccn1. The predicted molar refractivity (Wildman–Crippen MR) is 92.8 cm³/mol. The molecule has 2 rings (SSSR count). The molecule has 0 aliphatic heterocycles. The number of nitrogens with one attached hydrogen (secondary N) is 1. The molecule has 2 aromatic rings. The van der Waals surface area contributed by atoms with E-state index in [1.165, 1.54) is 5.56 Å². The first kappa shape index (κ1) is 16.5. The van der Waals surface area contributed by atoms with E-state index in [-0.39, 0.29) is 12.0 Å². The summed E-state index contributed by atoms with van der Waals surface area (Å²) in [5.74, 6) is 0.257. The predicted octanol–water partition coefficient (Wildman–Crippen LogP) is 5.34. The molecule has 2 atom stereocenters. The van der Waals surface area contributed by atoms with Gasteiger partial charge in [0.1, 0.15) is 0 Å². The summed E-state index contributed by atoms with van der Waals surface area (Å²) in [7, 11) is 0. The molecule has 21 heavy (non-hydrogen) atoms. The van der Waals surface area contributed by atoms with E-state index in [4.69, 9.17) is 11.6 Å². The van der Waals surface area contributed by atoms with Gasteiger partial charge in [0, 0.05) is 33.3 Å². The largest absolute Gasteiger partial charge is 0.309 e. The molecular weight excluding hydrogens is 348 g/mol. The van der Waals surface area contributed by atoms with Crippen molar-refractivity contribution in [3.8, 4) is 0 Å². The van der Waals surface area contributed by atoms with E-state index in [0.717, 1.165) is 28.2 Å². The fraction of sp³-hybridized carbons (Fsp3) is 0.353. The van der Waals surface area contributed by atoms with E-state index in [2.05, 4.69) is 46.1 Å². The summed E-state index contributed by atoms with van der Waals surface area (Å²) in [6.45, 7) is 5.33. The molecule has 0 amide bonds. The quantitative estimate of drug-likeness (QED) is 0.745. The molecule has 0 radical (unpaired) electrons. The first-order chi connectivity index (χ1) is 10.1. The van der Waals surface area contributed by atoms with Crippen LogP contribution in [0, 0.1) is 0 Å². The van der Waals surface area contributed by atoms with Crippen LogP contribution in [0.3, 0.4) is 0 Å². The minimum Gasteiger partial charge on any atom is -0.309 e. The number of aromatic nitrogens is 1. The highest BCUT2D eigenvalue weighted by Crippen LogP contribution is 2.35. The highest BCUT2D eigenvalue weighted by Gasteiger charge is 2.23. The Morgan fingerprint density at radius 3 is 2.76 bits per heavy atom. The lowest BCUT2D eigenvalue weighted by molar-refractivity contribution is 0.458. The van der Waals surface area contributed by atoms with Gasteiger partial charge in [-0.1, -0.05) is 47.4 Å². The van der Waals surface area contributed by atoms with Crippen molar-refractivity contribution in [2.75, 3.05) is 6.54 Å². The van der Waals surface area contributed by atoms with Crippen LogP contribution >= 0.6 is 27.5 Å². The van der Waals surface area contributed by atoms with Gasteiger partial charge in [0.25, 0.3) is 0 Å². The number of hydrogen-bond donors (Lipinski definition) is 1. The fourth-order valence-electron chi connectivity index (χ4n) is 2.42. The van der Waals surface area contributed by atoms with E-state index in [1.54, 1.807) is 0 Å². The van der Waals surface area contributed by atoms with E-state index in [9.17, 15) is 0 Å². The average molecular weight is 368 g/mol. The van der Waals surface area contributed by atoms with Crippen molar-refractivity contribution in [1.29, 1.82) is 0 Å². The summed E-state index contributed by atoms with van der Waals surface area (Å²) in [4.78, 5) is 4.50. The second kappa shape index (κ2) is 7.92. The number of halogens is 2. The van der Waals surface area contributed by atoms with Crippen LogP contribution in [-0.2, 0) is 0 Å². The van der Waals surface area contributed by atoms with Gasteiger partial charge in [0.2, 0.25) is 0 Å². The van der Waals surface area contributed by atoms with Crippen LogP contribution in [0.4, 0.5) is 0 Å². The van der Waals surface area contributed by atoms with Crippen LogP contribution in [0.25, 0.3) is 0 Å². The Morgan fingerprint density at radius 2 is 2.10 bits per heavy atom. The zero-order chi connectivity index (χ0) is 15.2. The maximum Gasteiger partial charge on any atom is 0.0450 e.